The molecule has 0 fully saturated rings. The second-order valence-corrected chi connectivity index (χ2v) is 3.23. The molecule has 0 aliphatic carbocycles. The van der Waals surface area contributed by atoms with E-state index < -0.39 is 11.0 Å². The SMILES string of the molecule is Cc1cn(CC(O)CCl)nc1[N+](=O)[O-]. The molecule has 7 heteroatoms. The first-order valence-electron chi connectivity index (χ1n) is 3.97. The largest absolute Gasteiger partial charge is 0.392 e. The highest BCUT2D eigenvalue weighted by Crippen LogP contribution is 2.13. The van der Waals surface area contributed by atoms with E-state index in [2.05, 4.69) is 5.10 Å². The molecule has 6 nitrogen and oxygen atoms in total. The number of aryl methyl sites for hydroxylation is 1. The Kier molecular flexibility index (Phi) is 3.43. The zero-order valence-corrected chi connectivity index (χ0v) is 8.31. The molecule has 1 N–H and O–H groups in total. The van der Waals surface area contributed by atoms with E-state index in [1.54, 1.807) is 6.92 Å². The molecule has 0 aliphatic rings. The van der Waals surface area contributed by atoms with E-state index in [9.17, 15) is 15.2 Å². The molecule has 1 heterocycles. The maximum Gasteiger partial charge on any atom is 0.392 e. The van der Waals surface area contributed by atoms with E-state index in [0.717, 1.165) is 0 Å². The second-order valence-electron chi connectivity index (χ2n) is 2.92. The van der Waals surface area contributed by atoms with E-state index in [1.165, 1.54) is 10.9 Å². The fraction of sp³-hybridized carbons (Fsp3) is 0.571. The number of hydrogen-bond donors (Lipinski definition) is 1. The van der Waals surface area contributed by atoms with Crippen LogP contribution in [0.1, 0.15) is 5.56 Å². The molecule has 0 bridgehead atoms. The molecule has 0 radical (unpaired) electrons. The minimum absolute atomic E-state index is 0.0761. The monoisotopic (exact) mass is 219 g/mol. The number of aliphatic hydroxyl groups is 1. The van der Waals surface area contributed by atoms with Crippen LogP contribution in [0.3, 0.4) is 0 Å². The lowest BCUT2D eigenvalue weighted by molar-refractivity contribution is -0.390. The molecule has 1 unspecified atom stereocenters. The summed E-state index contributed by atoms with van der Waals surface area (Å²) in [5.41, 5.74) is 0.469. The summed E-state index contributed by atoms with van der Waals surface area (Å²) in [6, 6.07) is 0. The molecule has 0 aromatic carbocycles. The summed E-state index contributed by atoms with van der Waals surface area (Å²) in [6.07, 6.45) is 0.768. The van der Waals surface area contributed by atoms with Gasteiger partial charge < -0.3 is 15.2 Å². The summed E-state index contributed by atoms with van der Waals surface area (Å²) >= 11 is 5.39. The Morgan fingerprint density at radius 1 is 1.86 bits per heavy atom. The van der Waals surface area contributed by atoms with Crippen LogP contribution in [-0.2, 0) is 6.54 Å². The van der Waals surface area contributed by atoms with Crippen molar-refractivity contribution in [1.82, 2.24) is 9.78 Å². The van der Waals surface area contributed by atoms with Crippen molar-refractivity contribution in [2.45, 2.75) is 19.6 Å². The summed E-state index contributed by atoms with van der Waals surface area (Å²) in [4.78, 5) is 9.87. The number of nitrogens with zero attached hydrogens (tertiary/aromatic N) is 3. The maximum atomic E-state index is 10.4. The van der Waals surface area contributed by atoms with Crippen molar-refractivity contribution in [2.75, 3.05) is 5.88 Å². The lowest BCUT2D eigenvalue weighted by Gasteiger charge is -2.01. The standard InChI is InChI=1S/C7H10ClN3O3/c1-5-3-10(4-6(12)2-8)9-7(5)11(13)14/h3,6,12H,2,4H2,1H3. The van der Waals surface area contributed by atoms with Crippen LogP contribution in [0.4, 0.5) is 5.82 Å². The van der Waals surface area contributed by atoms with Gasteiger partial charge in [-0.2, -0.15) is 4.68 Å². The highest BCUT2D eigenvalue weighted by atomic mass is 35.5. The minimum Gasteiger partial charge on any atom is -0.390 e. The highest BCUT2D eigenvalue weighted by Gasteiger charge is 2.18. The fourth-order valence-corrected chi connectivity index (χ4v) is 1.15. The topological polar surface area (TPSA) is 81.2 Å². The first-order valence-corrected chi connectivity index (χ1v) is 4.50. The summed E-state index contributed by atoms with van der Waals surface area (Å²) in [5, 5.41) is 23.3. The molecular weight excluding hydrogens is 210 g/mol. The third kappa shape index (κ3) is 2.43. The predicted molar refractivity (Wildman–Crippen MR) is 50.3 cm³/mol. The van der Waals surface area contributed by atoms with Crippen LogP contribution in [0.2, 0.25) is 0 Å². The first-order chi connectivity index (χ1) is 6.54. The van der Waals surface area contributed by atoms with E-state index in [1.807, 2.05) is 0 Å². The molecule has 78 valence electrons. The smallest absolute Gasteiger partial charge is 0.390 e. The van der Waals surface area contributed by atoms with Gasteiger partial charge in [0.25, 0.3) is 0 Å². The van der Waals surface area contributed by atoms with Crippen molar-refractivity contribution in [3.63, 3.8) is 0 Å². The number of rotatable bonds is 4. The van der Waals surface area contributed by atoms with E-state index >= 15 is 0 Å². The van der Waals surface area contributed by atoms with Crippen LogP contribution in [0, 0.1) is 17.0 Å². The average Bonchev–Trinajstić information content (AvgIpc) is 2.46. The highest BCUT2D eigenvalue weighted by molar-refractivity contribution is 6.18. The molecule has 0 amide bonds. The Hall–Kier alpha value is -1.14. The summed E-state index contributed by atoms with van der Waals surface area (Å²) in [6.45, 7) is 1.76. The molecule has 0 saturated carbocycles. The Bertz CT molecular complexity index is 339. The van der Waals surface area contributed by atoms with Crippen LogP contribution in [0.25, 0.3) is 0 Å². The van der Waals surface area contributed by atoms with Crippen molar-refractivity contribution < 1.29 is 10.0 Å². The van der Waals surface area contributed by atoms with E-state index in [-0.39, 0.29) is 18.2 Å². The van der Waals surface area contributed by atoms with Gasteiger partial charge in [-0.05, 0) is 11.8 Å². The van der Waals surface area contributed by atoms with Crippen LogP contribution < -0.4 is 0 Å². The first kappa shape index (κ1) is 10.9. The van der Waals surface area contributed by atoms with E-state index in [0.29, 0.717) is 5.56 Å². The Morgan fingerprint density at radius 3 is 2.93 bits per heavy atom. The summed E-state index contributed by atoms with van der Waals surface area (Å²) < 4.78 is 1.32. The summed E-state index contributed by atoms with van der Waals surface area (Å²) in [5.74, 6) is -0.112. The average molecular weight is 220 g/mol. The fourth-order valence-electron chi connectivity index (χ4n) is 1.05. The molecule has 14 heavy (non-hydrogen) atoms. The van der Waals surface area contributed by atoms with Gasteiger partial charge in [0.1, 0.15) is 0 Å². The van der Waals surface area contributed by atoms with Crippen molar-refractivity contribution in [3.8, 4) is 0 Å². The Balaban J connectivity index is 2.81. The van der Waals surface area contributed by atoms with Crippen LogP contribution in [0.15, 0.2) is 6.20 Å². The van der Waals surface area contributed by atoms with Gasteiger partial charge in [0.05, 0.1) is 35.4 Å². The van der Waals surface area contributed by atoms with Gasteiger partial charge in [-0.15, -0.1) is 11.6 Å². The van der Waals surface area contributed by atoms with Gasteiger partial charge in [-0.1, -0.05) is 0 Å². The van der Waals surface area contributed by atoms with Gasteiger partial charge >= 0.3 is 5.82 Å². The Labute approximate surface area is 85.2 Å². The quantitative estimate of drug-likeness (QED) is 0.459. The van der Waals surface area contributed by atoms with Crippen molar-refractivity contribution in [1.29, 1.82) is 0 Å². The lowest BCUT2D eigenvalue weighted by atomic mass is 10.4. The van der Waals surface area contributed by atoms with Gasteiger partial charge in [-0.3, -0.25) is 0 Å². The normalized spacial score (nSPS) is 12.8. The number of hydrogen-bond acceptors (Lipinski definition) is 4. The Morgan fingerprint density at radius 2 is 2.50 bits per heavy atom. The van der Waals surface area contributed by atoms with Gasteiger partial charge in [0.15, 0.2) is 0 Å². The summed E-state index contributed by atoms with van der Waals surface area (Å²) in [7, 11) is 0. The number of aromatic nitrogens is 2. The third-order valence-electron chi connectivity index (χ3n) is 1.67. The van der Waals surface area contributed by atoms with Gasteiger partial charge in [0, 0.05) is 0 Å². The van der Waals surface area contributed by atoms with Crippen molar-refractivity contribution in [2.24, 2.45) is 0 Å². The zero-order valence-electron chi connectivity index (χ0n) is 7.55. The molecule has 1 aromatic heterocycles. The molecule has 1 rings (SSSR count). The number of nitro groups is 1. The molecule has 0 aliphatic heterocycles. The minimum atomic E-state index is -0.740. The molecule has 1 aromatic rings. The van der Waals surface area contributed by atoms with Gasteiger partial charge in [-0.25, -0.2) is 0 Å². The number of halogens is 1. The van der Waals surface area contributed by atoms with Crippen LogP contribution in [0.5, 0.6) is 0 Å². The lowest BCUT2D eigenvalue weighted by Crippen LogP contribution is -2.17. The number of alkyl halides is 1. The van der Waals surface area contributed by atoms with Crippen LogP contribution in [-0.4, -0.2) is 31.8 Å². The zero-order chi connectivity index (χ0) is 10.7. The maximum absolute atomic E-state index is 10.4. The predicted octanol–water partition coefficient (Wildman–Crippen LogP) is 0.699. The molecule has 1 atom stereocenters. The van der Waals surface area contributed by atoms with Crippen LogP contribution >= 0.6 is 11.6 Å². The van der Waals surface area contributed by atoms with Crippen molar-refractivity contribution in [3.05, 3.63) is 21.9 Å². The van der Waals surface area contributed by atoms with Crippen molar-refractivity contribution >= 4 is 17.4 Å². The number of aliphatic hydroxyl groups excluding tert-OH is 1. The third-order valence-corrected chi connectivity index (χ3v) is 2.02. The van der Waals surface area contributed by atoms with E-state index in [4.69, 9.17) is 11.6 Å². The second kappa shape index (κ2) is 4.39. The molecule has 0 spiro atoms. The molecule has 0 saturated heterocycles. The molecular formula is C7H10ClN3O3. The van der Waals surface area contributed by atoms with Gasteiger partial charge in [0.2, 0.25) is 0 Å².